The van der Waals surface area contributed by atoms with Gasteiger partial charge in [-0.25, -0.2) is 0 Å². The summed E-state index contributed by atoms with van der Waals surface area (Å²) >= 11 is 1.73. The SMILES string of the molecule is CCCCCCCCOCC(O)CNCc1cccs1. The highest BCUT2D eigenvalue weighted by atomic mass is 32.1. The standard InChI is InChI=1S/C16H29NO2S/c1-2-3-4-5-6-7-10-19-14-15(18)12-17-13-16-9-8-11-20-16/h8-9,11,15,17-18H,2-7,10,12-14H2,1H3. The van der Waals surface area contributed by atoms with Crippen molar-refractivity contribution in [1.29, 1.82) is 0 Å². The Kier molecular flexibility index (Phi) is 10.9. The van der Waals surface area contributed by atoms with E-state index in [1.54, 1.807) is 11.3 Å². The Labute approximate surface area is 127 Å². The van der Waals surface area contributed by atoms with E-state index in [1.807, 2.05) is 6.07 Å². The molecule has 0 saturated carbocycles. The molecule has 1 aromatic heterocycles. The minimum Gasteiger partial charge on any atom is -0.389 e. The largest absolute Gasteiger partial charge is 0.389 e. The van der Waals surface area contributed by atoms with Crippen LogP contribution in [-0.4, -0.2) is 31.0 Å². The topological polar surface area (TPSA) is 41.5 Å². The normalized spacial score (nSPS) is 12.7. The van der Waals surface area contributed by atoms with Gasteiger partial charge in [0.05, 0.1) is 12.7 Å². The first-order valence-electron chi connectivity index (χ1n) is 7.81. The summed E-state index contributed by atoms with van der Waals surface area (Å²) in [5, 5.41) is 15.1. The van der Waals surface area contributed by atoms with Gasteiger partial charge in [0.2, 0.25) is 0 Å². The number of thiophene rings is 1. The highest BCUT2D eigenvalue weighted by molar-refractivity contribution is 7.09. The number of hydrogen-bond acceptors (Lipinski definition) is 4. The van der Waals surface area contributed by atoms with Crippen molar-refractivity contribution in [3.05, 3.63) is 22.4 Å². The summed E-state index contributed by atoms with van der Waals surface area (Å²) < 4.78 is 5.50. The van der Waals surface area contributed by atoms with Gasteiger partial charge in [0, 0.05) is 24.6 Å². The molecule has 1 rings (SSSR count). The Hall–Kier alpha value is -0.420. The zero-order valence-electron chi connectivity index (χ0n) is 12.6. The van der Waals surface area contributed by atoms with Crippen LogP contribution < -0.4 is 5.32 Å². The van der Waals surface area contributed by atoms with E-state index in [0.717, 1.165) is 19.6 Å². The van der Waals surface area contributed by atoms with Crippen molar-refractivity contribution >= 4 is 11.3 Å². The van der Waals surface area contributed by atoms with E-state index in [0.29, 0.717) is 13.2 Å². The van der Waals surface area contributed by atoms with Gasteiger partial charge in [0.1, 0.15) is 0 Å². The van der Waals surface area contributed by atoms with E-state index in [4.69, 9.17) is 4.74 Å². The molecule has 4 heteroatoms. The second kappa shape index (κ2) is 12.3. The lowest BCUT2D eigenvalue weighted by molar-refractivity contribution is 0.0353. The lowest BCUT2D eigenvalue weighted by atomic mass is 10.1. The van der Waals surface area contributed by atoms with Crippen molar-refractivity contribution in [3.8, 4) is 0 Å². The molecule has 1 aromatic rings. The quantitative estimate of drug-likeness (QED) is 0.547. The van der Waals surface area contributed by atoms with E-state index < -0.39 is 6.10 Å². The number of rotatable bonds is 13. The van der Waals surface area contributed by atoms with Crippen LogP contribution in [0.1, 0.15) is 50.3 Å². The maximum atomic E-state index is 9.77. The fourth-order valence-electron chi connectivity index (χ4n) is 2.04. The summed E-state index contributed by atoms with van der Waals surface area (Å²) in [5.74, 6) is 0. The number of nitrogens with one attached hydrogen (secondary N) is 1. The van der Waals surface area contributed by atoms with Crippen LogP contribution >= 0.6 is 11.3 Å². The van der Waals surface area contributed by atoms with Crippen molar-refractivity contribution in [2.45, 2.75) is 58.1 Å². The van der Waals surface area contributed by atoms with Crippen molar-refractivity contribution in [2.24, 2.45) is 0 Å². The van der Waals surface area contributed by atoms with Crippen molar-refractivity contribution in [2.75, 3.05) is 19.8 Å². The van der Waals surface area contributed by atoms with Crippen molar-refractivity contribution in [1.82, 2.24) is 5.32 Å². The lowest BCUT2D eigenvalue weighted by Gasteiger charge is -2.12. The zero-order valence-corrected chi connectivity index (χ0v) is 13.5. The second-order valence-electron chi connectivity index (χ2n) is 5.21. The fraction of sp³-hybridized carbons (Fsp3) is 0.750. The van der Waals surface area contributed by atoms with Crippen molar-refractivity contribution in [3.63, 3.8) is 0 Å². The highest BCUT2D eigenvalue weighted by Gasteiger charge is 2.03. The number of hydrogen-bond donors (Lipinski definition) is 2. The first kappa shape index (κ1) is 17.6. The van der Waals surface area contributed by atoms with Crippen LogP contribution in [0.4, 0.5) is 0 Å². The van der Waals surface area contributed by atoms with Gasteiger partial charge in [-0.1, -0.05) is 45.1 Å². The minimum atomic E-state index is -0.407. The molecule has 0 fully saturated rings. The van der Waals surface area contributed by atoms with Gasteiger partial charge < -0.3 is 15.2 Å². The molecule has 1 heterocycles. The molecule has 0 saturated heterocycles. The average Bonchev–Trinajstić information content (AvgIpc) is 2.95. The van der Waals surface area contributed by atoms with Crippen LogP contribution in [0, 0.1) is 0 Å². The average molecular weight is 299 g/mol. The second-order valence-corrected chi connectivity index (χ2v) is 6.24. The van der Waals surface area contributed by atoms with Crippen LogP contribution in [0.25, 0.3) is 0 Å². The van der Waals surface area contributed by atoms with Gasteiger partial charge in [-0.05, 0) is 17.9 Å². The summed E-state index contributed by atoms with van der Waals surface area (Å²) in [6, 6.07) is 4.14. The predicted molar refractivity (Wildman–Crippen MR) is 86.2 cm³/mol. The predicted octanol–water partition coefficient (Wildman–Crippen LogP) is 3.58. The molecule has 3 nitrogen and oxygen atoms in total. The zero-order chi connectivity index (χ0) is 14.5. The van der Waals surface area contributed by atoms with Crippen LogP contribution in [0.3, 0.4) is 0 Å². The third-order valence-corrected chi connectivity index (χ3v) is 4.09. The molecule has 0 aliphatic carbocycles. The number of unbranched alkanes of at least 4 members (excludes halogenated alkanes) is 5. The Morgan fingerprint density at radius 1 is 1.25 bits per heavy atom. The molecule has 1 atom stereocenters. The van der Waals surface area contributed by atoms with Gasteiger partial charge in [0.25, 0.3) is 0 Å². The molecule has 0 bridgehead atoms. The molecular formula is C16H29NO2S. The molecule has 0 spiro atoms. The molecule has 0 aliphatic rings. The van der Waals surface area contributed by atoms with E-state index in [-0.39, 0.29) is 0 Å². The van der Waals surface area contributed by atoms with Gasteiger partial charge in [0.15, 0.2) is 0 Å². The summed E-state index contributed by atoms with van der Waals surface area (Å²) in [5.41, 5.74) is 0. The van der Waals surface area contributed by atoms with E-state index in [2.05, 4.69) is 23.7 Å². The van der Waals surface area contributed by atoms with E-state index in [1.165, 1.54) is 37.0 Å². The molecule has 0 amide bonds. The highest BCUT2D eigenvalue weighted by Crippen LogP contribution is 2.07. The molecule has 0 radical (unpaired) electrons. The number of aliphatic hydroxyl groups is 1. The lowest BCUT2D eigenvalue weighted by Crippen LogP contribution is -2.30. The summed E-state index contributed by atoms with van der Waals surface area (Å²) in [6.07, 6.45) is 7.23. The van der Waals surface area contributed by atoms with Crippen molar-refractivity contribution < 1.29 is 9.84 Å². The van der Waals surface area contributed by atoms with Gasteiger partial charge in [-0.15, -0.1) is 11.3 Å². The van der Waals surface area contributed by atoms with Crippen LogP contribution in [-0.2, 0) is 11.3 Å². The van der Waals surface area contributed by atoms with Gasteiger partial charge >= 0.3 is 0 Å². The van der Waals surface area contributed by atoms with Gasteiger partial charge in [-0.3, -0.25) is 0 Å². The van der Waals surface area contributed by atoms with E-state index in [9.17, 15) is 5.11 Å². The minimum absolute atomic E-state index is 0.407. The summed E-state index contributed by atoms with van der Waals surface area (Å²) in [7, 11) is 0. The molecule has 0 aromatic carbocycles. The third kappa shape index (κ3) is 9.48. The first-order valence-corrected chi connectivity index (χ1v) is 8.69. The monoisotopic (exact) mass is 299 g/mol. The molecule has 0 aliphatic heterocycles. The fourth-order valence-corrected chi connectivity index (χ4v) is 2.71. The summed E-state index contributed by atoms with van der Waals surface area (Å²) in [4.78, 5) is 1.30. The third-order valence-electron chi connectivity index (χ3n) is 3.21. The number of ether oxygens (including phenoxy) is 1. The van der Waals surface area contributed by atoms with Crippen LogP contribution in [0.5, 0.6) is 0 Å². The smallest absolute Gasteiger partial charge is 0.0897 e. The maximum absolute atomic E-state index is 9.77. The van der Waals surface area contributed by atoms with Gasteiger partial charge in [-0.2, -0.15) is 0 Å². The number of aliphatic hydroxyl groups excluding tert-OH is 1. The molecule has 116 valence electrons. The van der Waals surface area contributed by atoms with Crippen LogP contribution in [0.2, 0.25) is 0 Å². The Morgan fingerprint density at radius 2 is 2.05 bits per heavy atom. The maximum Gasteiger partial charge on any atom is 0.0897 e. The Balaban J connectivity index is 1.84. The molecule has 1 unspecified atom stereocenters. The van der Waals surface area contributed by atoms with E-state index >= 15 is 0 Å². The first-order chi connectivity index (χ1) is 9.83. The molecular weight excluding hydrogens is 270 g/mol. The molecule has 20 heavy (non-hydrogen) atoms. The molecule has 2 N–H and O–H groups in total. The van der Waals surface area contributed by atoms with Crippen LogP contribution in [0.15, 0.2) is 17.5 Å². The summed E-state index contributed by atoms with van der Waals surface area (Å²) in [6.45, 7) is 4.86. The Bertz CT molecular complexity index is 303. The Morgan fingerprint density at radius 3 is 2.80 bits per heavy atom.